The van der Waals surface area contributed by atoms with E-state index in [0.29, 0.717) is 11.8 Å². The van der Waals surface area contributed by atoms with Gasteiger partial charge < -0.3 is 9.88 Å². The number of nitrogens with zero attached hydrogens (tertiary/aromatic N) is 2. The summed E-state index contributed by atoms with van der Waals surface area (Å²) in [4.78, 5) is 4.86. The smallest absolute Gasteiger partial charge is 0.114 e. The highest BCUT2D eigenvalue weighted by atomic mass is 35.5. The topological polar surface area (TPSA) is 29.9 Å². The van der Waals surface area contributed by atoms with Crippen molar-refractivity contribution in [3.8, 4) is 0 Å². The van der Waals surface area contributed by atoms with Crippen LogP contribution in [0.5, 0.6) is 0 Å². The number of aromatic nitrogens is 2. The molecule has 1 aromatic heterocycles. The Bertz CT molecular complexity index is 590. The van der Waals surface area contributed by atoms with Crippen LogP contribution in [-0.4, -0.2) is 22.6 Å². The molecule has 2 heterocycles. The van der Waals surface area contributed by atoms with Crippen LogP contribution in [-0.2, 0) is 6.54 Å². The molecule has 4 heteroatoms. The largest absolute Gasteiger partial charge is 0.326 e. The van der Waals surface area contributed by atoms with E-state index in [4.69, 9.17) is 16.6 Å². The van der Waals surface area contributed by atoms with Gasteiger partial charge in [0.1, 0.15) is 5.82 Å². The molecule has 19 heavy (non-hydrogen) atoms. The Labute approximate surface area is 119 Å². The lowest BCUT2D eigenvalue weighted by molar-refractivity contribution is 0.514. The van der Waals surface area contributed by atoms with Gasteiger partial charge in [0.25, 0.3) is 0 Å². The molecule has 3 nitrogen and oxygen atoms in total. The lowest BCUT2D eigenvalue weighted by atomic mass is 9.97. The highest BCUT2D eigenvalue weighted by Gasteiger charge is 2.29. The van der Waals surface area contributed by atoms with Crippen LogP contribution in [0.3, 0.4) is 0 Å². The molecule has 1 saturated heterocycles. The van der Waals surface area contributed by atoms with E-state index in [1.165, 1.54) is 5.82 Å². The van der Waals surface area contributed by atoms with Gasteiger partial charge in [-0.25, -0.2) is 4.98 Å². The van der Waals surface area contributed by atoms with E-state index in [-0.39, 0.29) is 0 Å². The Morgan fingerprint density at radius 2 is 2.26 bits per heavy atom. The molecule has 102 valence electrons. The van der Waals surface area contributed by atoms with Gasteiger partial charge in [-0.05, 0) is 31.0 Å². The van der Waals surface area contributed by atoms with Crippen molar-refractivity contribution in [1.82, 2.24) is 14.9 Å². The molecule has 1 aromatic carbocycles. The number of imidazole rings is 1. The average Bonchev–Trinajstić information content (AvgIpc) is 2.95. The summed E-state index contributed by atoms with van der Waals surface area (Å²) in [6, 6.07) is 6.00. The van der Waals surface area contributed by atoms with E-state index in [1.54, 1.807) is 0 Å². The molecule has 1 fully saturated rings. The monoisotopic (exact) mass is 277 g/mol. The van der Waals surface area contributed by atoms with Crippen molar-refractivity contribution < 1.29 is 0 Å². The summed E-state index contributed by atoms with van der Waals surface area (Å²) in [5.74, 6) is 2.32. The van der Waals surface area contributed by atoms with Crippen molar-refractivity contribution in [3.63, 3.8) is 0 Å². The minimum absolute atomic E-state index is 0.495. The third-order valence-corrected chi connectivity index (χ3v) is 4.35. The number of fused-ring (bicyclic) bond motifs is 1. The standard InChI is InChI=1S/C15H20ClN3/c1-3-7-19-14-12(16)5-4-6-13(14)18-15(19)11-9-17-8-10(11)2/h4-6,10-11,17H,3,7-9H2,1-2H3. The second-order valence-corrected chi connectivity index (χ2v) is 5.88. The number of para-hydroxylation sites is 1. The molecule has 0 bridgehead atoms. The van der Waals surface area contributed by atoms with E-state index in [0.717, 1.165) is 42.1 Å². The second-order valence-electron chi connectivity index (χ2n) is 5.47. The third-order valence-electron chi connectivity index (χ3n) is 4.04. The number of hydrogen-bond acceptors (Lipinski definition) is 2. The Morgan fingerprint density at radius 3 is 2.95 bits per heavy atom. The van der Waals surface area contributed by atoms with Crippen LogP contribution in [0.1, 0.15) is 32.0 Å². The predicted molar refractivity (Wildman–Crippen MR) is 79.8 cm³/mol. The van der Waals surface area contributed by atoms with Crippen LogP contribution in [0.2, 0.25) is 5.02 Å². The van der Waals surface area contributed by atoms with Crippen LogP contribution < -0.4 is 5.32 Å². The van der Waals surface area contributed by atoms with Gasteiger partial charge in [-0.2, -0.15) is 0 Å². The highest BCUT2D eigenvalue weighted by molar-refractivity contribution is 6.35. The Hall–Kier alpha value is -1.06. The molecule has 0 radical (unpaired) electrons. The maximum Gasteiger partial charge on any atom is 0.114 e. The van der Waals surface area contributed by atoms with E-state index in [2.05, 4.69) is 29.8 Å². The first-order chi connectivity index (χ1) is 9.22. The van der Waals surface area contributed by atoms with E-state index in [1.807, 2.05) is 12.1 Å². The van der Waals surface area contributed by atoms with Gasteiger partial charge in [-0.3, -0.25) is 0 Å². The van der Waals surface area contributed by atoms with Crippen molar-refractivity contribution in [2.75, 3.05) is 13.1 Å². The maximum atomic E-state index is 6.38. The molecule has 0 amide bonds. The Kier molecular flexibility index (Phi) is 3.50. The molecule has 2 aromatic rings. The molecule has 2 unspecified atom stereocenters. The summed E-state index contributed by atoms with van der Waals surface area (Å²) in [5.41, 5.74) is 2.12. The molecule has 0 spiro atoms. The number of rotatable bonds is 3. The molecule has 2 atom stereocenters. The number of nitrogens with one attached hydrogen (secondary N) is 1. The number of aryl methyl sites for hydroxylation is 1. The zero-order valence-corrected chi connectivity index (χ0v) is 12.2. The molecule has 0 aliphatic carbocycles. The third kappa shape index (κ3) is 2.15. The van der Waals surface area contributed by atoms with Gasteiger partial charge in [-0.15, -0.1) is 0 Å². The predicted octanol–water partition coefficient (Wildman–Crippen LogP) is 3.42. The number of hydrogen-bond donors (Lipinski definition) is 1. The summed E-state index contributed by atoms with van der Waals surface area (Å²) in [7, 11) is 0. The molecular formula is C15H20ClN3. The van der Waals surface area contributed by atoms with E-state index >= 15 is 0 Å². The van der Waals surface area contributed by atoms with Crippen LogP contribution >= 0.6 is 11.6 Å². The van der Waals surface area contributed by atoms with Crippen LogP contribution in [0.4, 0.5) is 0 Å². The van der Waals surface area contributed by atoms with Crippen molar-refractivity contribution in [1.29, 1.82) is 0 Å². The fourth-order valence-corrected chi connectivity index (χ4v) is 3.32. The normalized spacial score (nSPS) is 23.3. The van der Waals surface area contributed by atoms with E-state index in [9.17, 15) is 0 Å². The van der Waals surface area contributed by atoms with Gasteiger partial charge in [0.05, 0.1) is 16.1 Å². The second kappa shape index (κ2) is 5.14. The maximum absolute atomic E-state index is 6.38. The summed E-state index contributed by atoms with van der Waals surface area (Å²) < 4.78 is 2.33. The fraction of sp³-hybridized carbons (Fsp3) is 0.533. The van der Waals surface area contributed by atoms with Crippen LogP contribution in [0.15, 0.2) is 18.2 Å². The quantitative estimate of drug-likeness (QED) is 0.932. The molecule has 1 N–H and O–H groups in total. The lowest BCUT2D eigenvalue weighted by Gasteiger charge is -2.16. The minimum Gasteiger partial charge on any atom is -0.326 e. The van der Waals surface area contributed by atoms with Gasteiger partial charge >= 0.3 is 0 Å². The van der Waals surface area contributed by atoms with Crippen molar-refractivity contribution in [2.24, 2.45) is 5.92 Å². The van der Waals surface area contributed by atoms with Gasteiger partial charge in [0.2, 0.25) is 0 Å². The summed E-state index contributed by atoms with van der Waals surface area (Å²) in [6.07, 6.45) is 1.10. The average molecular weight is 278 g/mol. The fourth-order valence-electron chi connectivity index (χ4n) is 3.05. The van der Waals surface area contributed by atoms with Crippen molar-refractivity contribution in [3.05, 3.63) is 29.0 Å². The Balaban J connectivity index is 2.17. The SMILES string of the molecule is CCCn1c(C2CNCC2C)nc2cccc(Cl)c21. The first-order valence-corrected chi connectivity index (χ1v) is 7.45. The molecule has 1 aliphatic rings. The summed E-state index contributed by atoms with van der Waals surface area (Å²) in [5, 5.41) is 4.27. The van der Waals surface area contributed by atoms with Crippen LogP contribution in [0.25, 0.3) is 11.0 Å². The van der Waals surface area contributed by atoms with Gasteiger partial charge in [0.15, 0.2) is 0 Å². The highest BCUT2D eigenvalue weighted by Crippen LogP contribution is 2.32. The Morgan fingerprint density at radius 1 is 1.42 bits per heavy atom. The number of halogens is 1. The first kappa shape index (κ1) is 12.9. The zero-order valence-electron chi connectivity index (χ0n) is 11.5. The van der Waals surface area contributed by atoms with Crippen molar-refractivity contribution in [2.45, 2.75) is 32.7 Å². The number of benzene rings is 1. The molecule has 3 rings (SSSR count). The molecule has 1 aliphatic heterocycles. The first-order valence-electron chi connectivity index (χ1n) is 7.07. The summed E-state index contributed by atoms with van der Waals surface area (Å²) in [6.45, 7) is 7.57. The zero-order chi connectivity index (χ0) is 13.4. The summed E-state index contributed by atoms with van der Waals surface area (Å²) >= 11 is 6.38. The minimum atomic E-state index is 0.495. The van der Waals surface area contributed by atoms with Gasteiger partial charge in [-0.1, -0.05) is 31.5 Å². The lowest BCUT2D eigenvalue weighted by Crippen LogP contribution is -2.15. The molecule has 0 saturated carbocycles. The van der Waals surface area contributed by atoms with E-state index < -0.39 is 0 Å². The van der Waals surface area contributed by atoms with Crippen molar-refractivity contribution >= 4 is 22.6 Å². The van der Waals surface area contributed by atoms with Gasteiger partial charge in [0, 0.05) is 19.0 Å². The van der Waals surface area contributed by atoms with Crippen LogP contribution in [0, 0.1) is 5.92 Å². The molecular weight excluding hydrogens is 258 g/mol.